The molecule has 3 heteroatoms. The van der Waals surface area contributed by atoms with E-state index < -0.39 is 0 Å². The van der Waals surface area contributed by atoms with Gasteiger partial charge >= 0.3 is 0 Å². The van der Waals surface area contributed by atoms with Crippen LogP contribution < -0.4 is 11.1 Å². The molecule has 0 aromatic carbocycles. The Hall–Kier alpha value is -0.570. The summed E-state index contributed by atoms with van der Waals surface area (Å²) in [5.74, 6) is 0.769. The number of fused-ring (bicyclic) bond motifs is 1. The van der Waals surface area contributed by atoms with Crippen molar-refractivity contribution in [1.29, 1.82) is 0 Å². The first-order valence-electron chi connectivity index (χ1n) is 5.30. The summed E-state index contributed by atoms with van der Waals surface area (Å²) in [6, 6.07) is 0.671. The average Bonchev–Trinajstić information content (AvgIpc) is 2.17. The Balaban J connectivity index is 1.95. The second-order valence-electron chi connectivity index (χ2n) is 4.38. The van der Waals surface area contributed by atoms with Crippen molar-refractivity contribution in [3.05, 3.63) is 0 Å². The van der Waals surface area contributed by atoms with Gasteiger partial charge in [0, 0.05) is 12.0 Å². The van der Waals surface area contributed by atoms with Crippen molar-refractivity contribution in [2.75, 3.05) is 6.54 Å². The van der Waals surface area contributed by atoms with Crippen molar-refractivity contribution in [2.24, 2.45) is 17.6 Å². The molecule has 1 heterocycles. The fourth-order valence-electron chi connectivity index (χ4n) is 2.76. The largest absolute Gasteiger partial charge is 0.369 e. The van der Waals surface area contributed by atoms with Crippen molar-refractivity contribution >= 4 is 5.91 Å². The van der Waals surface area contributed by atoms with Crippen LogP contribution in [-0.2, 0) is 4.79 Å². The molecule has 1 saturated carbocycles. The summed E-state index contributed by atoms with van der Waals surface area (Å²) < 4.78 is 0. The monoisotopic (exact) mass is 182 g/mol. The van der Waals surface area contributed by atoms with E-state index in [4.69, 9.17) is 5.73 Å². The van der Waals surface area contributed by atoms with E-state index in [-0.39, 0.29) is 11.8 Å². The fourth-order valence-corrected chi connectivity index (χ4v) is 2.76. The first-order valence-corrected chi connectivity index (χ1v) is 5.30. The first kappa shape index (κ1) is 9.00. The van der Waals surface area contributed by atoms with Crippen LogP contribution in [0.1, 0.15) is 32.1 Å². The highest BCUT2D eigenvalue weighted by Crippen LogP contribution is 2.33. The minimum atomic E-state index is -0.0935. The van der Waals surface area contributed by atoms with Gasteiger partial charge in [-0.15, -0.1) is 0 Å². The van der Waals surface area contributed by atoms with Gasteiger partial charge in [0.25, 0.3) is 0 Å². The van der Waals surface area contributed by atoms with Gasteiger partial charge in [-0.25, -0.2) is 0 Å². The summed E-state index contributed by atoms with van der Waals surface area (Å²) in [5, 5.41) is 3.53. The zero-order valence-electron chi connectivity index (χ0n) is 7.96. The molecule has 1 amide bonds. The van der Waals surface area contributed by atoms with Crippen LogP contribution in [0.25, 0.3) is 0 Å². The molecule has 3 atom stereocenters. The summed E-state index contributed by atoms with van der Waals surface area (Å²) in [5.41, 5.74) is 5.33. The molecule has 0 spiro atoms. The summed E-state index contributed by atoms with van der Waals surface area (Å²) in [6.07, 6.45) is 5.68. The first-order chi connectivity index (χ1) is 6.27. The molecule has 1 saturated heterocycles. The Morgan fingerprint density at radius 3 is 2.92 bits per heavy atom. The molecule has 0 radical (unpaired) electrons. The van der Waals surface area contributed by atoms with Gasteiger partial charge < -0.3 is 11.1 Å². The third kappa shape index (κ3) is 1.85. The van der Waals surface area contributed by atoms with Gasteiger partial charge in [0.05, 0.1) is 0 Å². The SMILES string of the molecule is NC(=O)[C@@H]1CC[C@@H]2NCCC[C@H]2C1. The quantitative estimate of drug-likeness (QED) is 0.625. The number of carbonyl (C=O) groups excluding carboxylic acids is 1. The second-order valence-corrected chi connectivity index (χ2v) is 4.38. The molecule has 74 valence electrons. The van der Waals surface area contributed by atoms with Crippen LogP contribution in [0.3, 0.4) is 0 Å². The van der Waals surface area contributed by atoms with Gasteiger partial charge in [-0.05, 0) is 44.6 Å². The van der Waals surface area contributed by atoms with E-state index in [1.165, 1.54) is 12.8 Å². The third-order valence-electron chi connectivity index (χ3n) is 3.54. The van der Waals surface area contributed by atoms with E-state index in [1.54, 1.807) is 0 Å². The van der Waals surface area contributed by atoms with E-state index >= 15 is 0 Å². The number of hydrogen-bond donors (Lipinski definition) is 2. The van der Waals surface area contributed by atoms with Crippen LogP contribution in [-0.4, -0.2) is 18.5 Å². The molecule has 13 heavy (non-hydrogen) atoms. The number of carbonyl (C=O) groups is 1. The van der Waals surface area contributed by atoms with Crippen LogP contribution >= 0.6 is 0 Å². The molecule has 0 aromatic heterocycles. The summed E-state index contributed by atoms with van der Waals surface area (Å²) in [7, 11) is 0. The highest BCUT2D eigenvalue weighted by Gasteiger charge is 2.33. The number of nitrogens with one attached hydrogen (secondary N) is 1. The number of hydrogen-bond acceptors (Lipinski definition) is 2. The van der Waals surface area contributed by atoms with Crippen LogP contribution in [0.4, 0.5) is 0 Å². The fraction of sp³-hybridized carbons (Fsp3) is 0.900. The lowest BCUT2D eigenvalue weighted by Gasteiger charge is -2.38. The van der Waals surface area contributed by atoms with Crippen LogP contribution in [0.2, 0.25) is 0 Å². The zero-order valence-corrected chi connectivity index (χ0v) is 7.96. The Labute approximate surface area is 79.1 Å². The van der Waals surface area contributed by atoms with Gasteiger partial charge in [-0.1, -0.05) is 0 Å². The number of nitrogens with two attached hydrogens (primary N) is 1. The normalized spacial score (nSPS) is 39.5. The highest BCUT2D eigenvalue weighted by molar-refractivity contribution is 5.76. The van der Waals surface area contributed by atoms with Crippen LogP contribution in [0, 0.1) is 11.8 Å². The molecule has 1 aliphatic carbocycles. The minimum Gasteiger partial charge on any atom is -0.369 e. The maximum absolute atomic E-state index is 11.0. The average molecular weight is 182 g/mol. The lowest BCUT2D eigenvalue weighted by atomic mass is 9.74. The van der Waals surface area contributed by atoms with Gasteiger partial charge in [-0.2, -0.15) is 0 Å². The Kier molecular flexibility index (Phi) is 2.54. The highest BCUT2D eigenvalue weighted by atomic mass is 16.1. The molecule has 0 unspecified atom stereocenters. The summed E-state index contributed by atoms with van der Waals surface area (Å²) >= 11 is 0. The lowest BCUT2D eigenvalue weighted by Crippen LogP contribution is -2.46. The molecule has 0 bridgehead atoms. The Morgan fingerprint density at radius 2 is 2.15 bits per heavy atom. The number of piperidine rings is 1. The lowest BCUT2D eigenvalue weighted by molar-refractivity contribution is -0.123. The molecule has 2 aliphatic rings. The van der Waals surface area contributed by atoms with Gasteiger partial charge in [0.2, 0.25) is 5.91 Å². The topological polar surface area (TPSA) is 55.1 Å². The van der Waals surface area contributed by atoms with Gasteiger partial charge in [-0.3, -0.25) is 4.79 Å². The molecule has 3 N–H and O–H groups in total. The Morgan fingerprint density at radius 1 is 1.31 bits per heavy atom. The van der Waals surface area contributed by atoms with Crippen molar-refractivity contribution in [2.45, 2.75) is 38.1 Å². The molecule has 0 aromatic rings. The summed E-state index contributed by atoms with van der Waals surface area (Å²) in [6.45, 7) is 1.16. The van der Waals surface area contributed by atoms with Crippen molar-refractivity contribution in [3.8, 4) is 0 Å². The number of rotatable bonds is 1. The zero-order chi connectivity index (χ0) is 9.26. The van der Waals surface area contributed by atoms with E-state index in [1.807, 2.05) is 0 Å². The molecular weight excluding hydrogens is 164 g/mol. The standard InChI is InChI=1S/C10H18N2O/c11-10(13)8-3-4-9-7(6-8)2-1-5-12-9/h7-9,12H,1-6H2,(H2,11,13)/t7-,8+,9-/m0/s1. The molecule has 2 fully saturated rings. The second kappa shape index (κ2) is 3.66. The van der Waals surface area contributed by atoms with Crippen molar-refractivity contribution < 1.29 is 4.79 Å². The third-order valence-corrected chi connectivity index (χ3v) is 3.54. The molecule has 1 aliphatic heterocycles. The van der Waals surface area contributed by atoms with Crippen LogP contribution in [0.15, 0.2) is 0 Å². The van der Waals surface area contributed by atoms with E-state index in [0.29, 0.717) is 12.0 Å². The van der Waals surface area contributed by atoms with Crippen molar-refractivity contribution in [1.82, 2.24) is 5.32 Å². The van der Waals surface area contributed by atoms with Crippen LogP contribution in [0.5, 0.6) is 0 Å². The molecule has 2 rings (SSSR count). The smallest absolute Gasteiger partial charge is 0.220 e. The van der Waals surface area contributed by atoms with E-state index in [0.717, 1.165) is 25.8 Å². The van der Waals surface area contributed by atoms with Gasteiger partial charge in [0.1, 0.15) is 0 Å². The predicted molar refractivity (Wildman–Crippen MR) is 51.1 cm³/mol. The summed E-state index contributed by atoms with van der Waals surface area (Å²) in [4.78, 5) is 11.0. The maximum Gasteiger partial charge on any atom is 0.220 e. The Bertz CT molecular complexity index is 205. The molecular formula is C10H18N2O. The molecule has 3 nitrogen and oxygen atoms in total. The van der Waals surface area contributed by atoms with E-state index in [2.05, 4.69) is 5.32 Å². The van der Waals surface area contributed by atoms with Gasteiger partial charge in [0.15, 0.2) is 0 Å². The minimum absolute atomic E-state index is 0.0935. The predicted octanol–water partition coefficient (Wildman–Crippen LogP) is 0.640. The van der Waals surface area contributed by atoms with E-state index in [9.17, 15) is 4.79 Å². The van der Waals surface area contributed by atoms with Crippen molar-refractivity contribution in [3.63, 3.8) is 0 Å². The maximum atomic E-state index is 11.0. The number of primary amides is 1. The number of amides is 1.